The van der Waals surface area contributed by atoms with Gasteiger partial charge in [0.05, 0.1) is 19.6 Å². The van der Waals surface area contributed by atoms with Gasteiger partial charge in [-0.1, -0.05) is 0 Å². The van der Waals surface area contributed by atoms with Gasteiger partial charge < -0.3 is 14.9 Å². The normalized spacial score (nSPS) is 10.4. The molecule has 0 unspecified atom stereocenters. The summed E-state index contributed by atoms with van der Waals surface area (Å²) >= 11 is 0. The first-order valence-corrected chi connectivity index (χ1v) is 3.24. The topological polar surface area (TPSA) is 66.8 Å². The van der Waals surface area contributed by atoms with Crippen molar-refractivity contribution >= 4 is 5.97 Å². The van der Waals surface area contributed by atoms with Crippen LogP contribution in [0.4, 0.5) is 0 Å². The van der Waals surface area contributed by atoms with Gasteiger partial charge in [-0.25, -0.2) is 0 Å². The van der Waals surface area contributed by atoms with Gasteiger partial charge >= 0.3 is 0 Å². The molecule has 0 saturated heterocycles. The van der Waals surface area contributed by atoms with Crippen molar-refractivity contribution < 1.29 is 19.7 Å². The van der Waals surface area contributed by atoms with Crippen LogP contribution in [-0.2, 0) is 9.53 Å². The van der Waals surface area contributed by atoms with Crippen LogP contribution in [0.5, 0.6) is 0 Å². The van der Waals surface area contributed by atoms with E-state index in [0.29, 0.717) is 0 Å². The van der Waals surface area contributed by atoms with Gasteiger partial charge in [0.2, 0.25) is 0 Å². The maximum Gasteiger partial charge on any atom is 0.300 e. The molecule has 0 heterocycles. The Hall–Kier alpha value is -1.45. The molecule has 0 aromatic rings. The summed E-state index contributed by atoms with van der Waals surface area (Å²) in [5.41, 5.74) is 0.884. The highest BCUT2D eigenvalue weighted by molar-refractivity contribution is 5.62. The van der Waals surface area contributed by atoms with E-state index in [9.17, 15) is 0 Å². The number of carboxylic acid groups (broad SMARTS) is 1. The molecule has 0 saturated carbocycles. The van der Waals surface area contributed by atoms with Gasteiger partial charge in [0, 0.05) is 6.92 Å². The summed E-state index contributed by atoms with van der Waals surface area (Å²) in [6, 6.07) is 0. The Bertz CT molecular complexity index is 166. The van der Waals surface area contributed by atoms with Crippen molar-refractivity contribution in [1.82, 2.24) is 0 Å². The van der Waals surface area contributed by atoms with Gasteiger partial charge in [-0.2, -0.15) is 0 Å². The number of ether oxygens (including phenoxy) is 1. The number of allylic oxidation sites excluding steroid dienone is 2. The van der Waals surface area contributed by atoms with E-state index in [0.717, 1.165) is 18.8 Å². The smallest absolute Gasteiger partial charge is 0.300 e. The third kappa shape index (κ3) is 23.5. The zero-order valence-electron chi connectivity index (χ0n) is 7.44. The average molecular weight is 174 g/mol. The van der Waals surface area contributed by atoms with E-state index in [-0.39, 0.29) is 0 Å². The second-order valence-electron chi connectivity index (χ2n) is 1.93. The van der Waals surface area contributed by atoms with E-state index in [1.165, 1.54) is 0 Å². The number of carboxylic acids is 1. The van der Waals surface area contributed by atoms with Crippen LogP contribution in [0.2, 0.25) is 0 Å². The molecule has 12 heavy (non-hydrogen) atoms. The highest BCUT2D eigenvalue weighted by Gasteiger charge is 1.75. The quantitative estimate of drug-likeness (QED) is 0.494. The summed E-state index contributed by atoms with van der Waals surface area (Å²) < 4.78 is 4.63. The number of aliphatic carboxylic acids is 1. The van der Waals surface area contributed by atoms with E-state index in [1.54, 1.807) is 19.4 Å². The van der Waals surface area contributed by atoms with Crippen LogP contribution in [0, 0.1) is 0 Å². The van der Waals surface area contributed by atoms with Gasteiger partial charge in [-0.15, -0.1) is 0 Å². The Morgan fingerprint density at radius 1 is 1.42 bits per heavy atom. The summed E-state index contributed by atoms with van der Waals surface area (Å²) in [5.74, 6) is -0.833. The molecule has 4 heteroatoms. The number of methoxy groups -OCH3 is 1. The highest BCUT2D eigenvalue weighted by Crippen LogP contribution is 1.91. The molecule has 2 N–H and O–H groups in total. The van der Waals surface area contributed by atoms with Crippen LogP contribution in [-0.4, -0.2) is 23.3 Å². The molecule has 0 aromatic carbocycles. The Morgan fingerprint density at radius 3 is 2.08 bits per heavy atom. The number of carbonyl (C=O) groups is 1. The van der Waals surface area contributed by atoms with E-state index >= 15 is 0 Å². The first-order chi connectivity index (χ1) is 5.54. The first-order valence-electron chi connectivity index (χ1n) is 3.24. The van der Waals surface area contributed by atoms with Crippen molar-refractivity contribution in [3.05, 3.63) is 24.2 Å². The Labute approximate surface area is 71.8 Å². The lowest BCUT2D eigenvalue weighted by Crippen LogP contribution is -1.78. The minimum Gasteiger partial charge on any atom is -0.516 e. The molecule has 0 aromatic heterocycles. The van der Waals surface area contributed by atoms with E-state index < -0.39 is 5.97 Å². The lowest BCUT2D eigenvalue weighted by atomic mass is 10.3. The van der Waals surface area contributed by atoms with Crippen LogP contribution in [0.25, 0.3) is 0 Å². The predicted molar refractivity (Wildman–Crippen MR) is 45.8 cm³/mol. The van der Waals surface area contributed by atoms with Crippen molar-refractivity contribution in [2.45, 2.75) is 13.8 Å². The molecule has 0 aliphatic heterocycles. The van der Waals surface area contributed by atoms with Crippen LogP contribution < -0.4 is 0 Å². The highest BCUT2D eigenvalue weighted by atomic mass is 16.5. The zero-order valence-corrected chi connectivity index (χ0v) is 7.44. The van der Waals surface area contributed by atoms with Crippen molar-refractivity contribution in [3.8, 4) is 0 Å². The molecule has 70 valence electrons. The maximum absolute atomic E-state index is 9.00. The standard InChI is InChI=1S/C6H10O2.C2H4O2/c1-6(3-4-7)5-8-2;1-2(3)4/h3-5,7H,1-2H3;1H3,(H,3,4). The lowest BCUT2D eigenvalue weighted by molar-refractivity contribution is -0.134. The molecule has 0 rings (SSSR count). The molecule has 0 aliphatic rings. The lowest BCUT2D eigenvalue weighted by Gasteiger charge is -1.87. The van der Waals surface area contributed by atoms with Crippen LogP contribution in [0.1, 0.15) is 13.8 Å². The monoisotopic (exact) mass is 174 g/mol. The maximum atomic E-state index is 9.00. The second kappa shape index (κ2) is 9.55. The molecular weight excluding hydrogens is 160 g/mol. The summed E-state index contributed by atoms with van der Waals surface area (Å²) in [5, 5.41) is 15.6. The predicted octanol–water partition coefficient (Wildman–Crippen LogP) is 1.70. The molecule has 4 nitrogen and oxygen atoms in total. The van der Waals surface area contributed by atoms with Gasteiger partial charge in [0.15, 0.2) is 0 Å². The molecule has 0 atom stereocenters. The summed E-state index contributed by atoms with van der Waals surface area (Å²) in [4.78, 5) is 9.00. The van der Waals surface area contributed by atoms with E-state index in [4.69, 9.17) is 15.0 Å². The van der Waals surface area contributed by atoms with Gasteiger partial charge in [-0.3, -0.25) is 4.79 Å². The third-order valence-electron chi connectivity index (χ3n) is 0.641. The molecule has 0 spiro atoms. The van der Waals surface area contributed by atoms with Crippen LogP contribution in [0.15, 0.2) is 24.2 Å². The fraction of sp³-hybridized carbons (Fsp3) is 0.375. The van der Waals surface area contributed by atoms with Crippen molar-refractivity contribution in [2.75, 3.05) is 7.11 Å². The molecular formula is C8H14O4. The number of rotatable bonds is 2. The SMILES string of the molecule is CC(=O)O.COC=C(C)C=CO. The Morgan fingerprint density at radius 2 is 1.83 bits per heavy atom. The Kier molecular flexibility index (Phi) is 10.5. The number of hydrogen-bond donors (Lipinski definition) is 2. The summed E-state index contributed by atoms with van der Waals surface area (Å²) in [6.45, 7) is 2.91. The first kappa shape index (κ1) is 13.2. The van der Waals surface area contributed by atoms with Crippen LogP contribution in [0.3, 0.4) is 0 Å². The molecule has 0 amide bonds. The van der Waals surface area contributed by atoms with Gasteiger partial charge in [0.1, 0.15) is 0 Å². The number of aliphatic hydroxyl groups is 1. The van der Waals surface area contributed by atoms with E-state index in [1.807, 2.05) is 6.92 Å². The van der Waals surface area contributed by atoms with Crippen molar-refractivity contribution in [1.29, 1.82) is 0 Å². The minimum absolute atomic E-state index is 0.833. The third-order valence-corrected chi connectivity index (χ3v) is 0.641. The summed E-state index contributed by atoms with van der Waals surface area (Å²) in [6.07, 6.45) is 4.07. The van der Waals surface area contributed by atoms with Crippen LogP contribution >= 0.6 is 0 Å². The largest absolute Gasteiger partial charge is 0.516 e. The van der Waals surface area contributed by atoms with Gasteiger partial charge in [0.25, 0.3) is 5.97 Å². The molecule has 0 fully saturated rings. The molecule has 0 radical (unpaired) electrons. The zero-order chi connectivity index (χ0) is 9.98. The summed E-state index contributed by atoms with van der Waals surface area (Å²) in [7, 11) is 1.56. The number of aliphatic hydroxyl groups excluding tert-OH is 1. The fourth-order valence-corrected chi connectivity index (χ4v) is 0.343. The average Bonchev–Trinajstić information content (AvgIpc) is 1.87. The van der Waals surface area contributed by atoms with Crippen molar-refractivity contribution in [2.24, 2.45) is 0 Å². The Balaban J connectivity index is 0. The number of hydrogen-bond acceptors (Lipinski definition) is 3. The second-order valence-corrected chi connectivity index (χ2v) is 1.93. The minimum atomic E-state index is -0.833. The van der Waals surface area contributed by atoms with Crippen molar-refractivity contribution in [3.63, 3.8) is 0 Å². The van der Waals surface area contributed by atoms with E-state index in [2.05, 4.69) is 4.74 Å². The van der Waals surface area contributed by atoms with Gasteiger partial charge in [-0.05, 0) is 18.6 Å². The molecule has 0 bridgehead atoms. The molecule has 0 aliphatic carbocycles. The fourth-order valence-electron chi connectivity index (χ4n) is 0.343.